The Morgan fingerprint density at radius 1 is 1.09 bits per heavy atom. The summed E-state index contributed by atoms with van der Waals surface area (Å²) in [5.74, 6) is -0.704. The summed E-state index contributed by atoms with van der Waals surface area (Å²) in [7, 11) is 2.13. The fourth-order valence-corrected chi connectivity index (χ4v) is 2.94. The molecule has 0 bridgehead atoms. The molecule has 22 heavy (non-hydrogen) atoms. The van der Waals surface area contributed by atoms with Crippen molar-refractivity contribution in [2.75, 3.05) is 27.9 Å². The lowest BCUT2D eigenvalue weighted by Gasteiger charge is -2.24. The second-order valence-electron chi connectivity index (χ2n) is 4.09. The van der Waals surface area contributed by atoms with Gasteiger partial charge in [-0.2, -0.15) is 0 Å². The molecule has 0 amide bonds. The van der Waals surface area contributed by atoms with Gasteiger partial charge in [0.25, 0.3) is 0 Å². The van der Waals surface area contributed by atoms with Crippen molar-refractivity contribution in [1.82, 2.24) is 0 Å². The molecule has 0 radical (unpaired) electrons. The second kappa shape index (κ2) is 13.2. The molecule has 8 heteroatoms. The normalized spacial score (nSPS) is 10.0. The molecule has 0 aromatic heterocycles. The molecule has 0 aliphatic carbocycles. The maximum Gasteiger partial charge on any atom is 0.500 e. The van der Waals surface area contributed by atoms with Gasteiger partial charge in [0.05, 0.1) is 12.9 Å². The summed E-state index contributed by atoms with van der Waals surface area (Å²) in [5.41, 5.74) is 0.397. The largest absolute Gasteiger partial charge is 0.500 e. The quantitative estimate of drug-likeness (QED) is 0.210. The molecule has 0 aromatic rings. The maximum atomic E-state index is 11.1. The maximum absolute atomic E-state index is 11.1. The van der Waals surface area contributed by atoms with Crippen molar-refractivity contribution in [3.05, 3.63) is 25.0 Å². The minimum Gasteiger partial charge on any atom is -0.462 e. The SMILES string of the molecule is C=C(C)C(=O)OCCC[Si](OC)(OC)OC.C=COC(C)=O. The van der Waals surface area contributed by atoms with Crippen molar-refractivity contribution in [2.24, 2.45) is 0 Å². The van der Waals surface area contributed by atoms with E-state index in [2.05, 4.69) is 17.9 Å². The van der Waals surface area contributed by atoms with Crippen LogP contribution in [0.5, 0.6) is 0 Å². The Kier molecular flexibility index (Phi) is 13.7. The third-order valence-electron chi connectivity index (χ3n) is 2.39. The predicted molar refractivity (Wildman–Crippen MR) is 83.9 cm³/mol. The zero-order chi connectivity index (χ0) is 17.6. The highest BCUT2D eigenvalue weighted by molar-refractivity contribution is 6.60. The summed E-state index contributed by atoms with van der Waals surface area (Å²) < 4.78 is 24.8. The molecule has 0 saturated heterocycles. The van der Waals surface area contributed by atoms with Gasteiger partial charge in [-0.1, -0.05) is 13.2 Å². The summed E-state index contributed by atoms with van der Waals surface area (Å²) in [5, 5.41) is 0. The van der Waals surface area contributed by atoms with Crippen molar-refractivity contribution in [1.29, 1.82) is 0 Å². The van der Waals surface area contributed by atoms with Gasteiger partial charge in [0, 0.05) is 39.9 Å². The zero-order valence-corrected chi connectivity index (χ0v) is 15.0. The molecular formula is C14H26O7Si. The Balaban J connectivity index is 0. The van der Waals surface area contributed by atoms with E-state index in [9.17, 15) is 9.59 Å². The fraction of sp³-hybridized carbons (Fsp3) is 0.571. The van der Waals surface area contributed by atoms with Crippen LogP contribution in [0.4, 0.5) is 0 Å². The molecule has 0 aliphatic rings. The molecule has 128 valence electrons. The molecule has 0 unspecified atom stereocenters. The molecule has 0 aliphatic heterocycles. The highest BCUT2D eigenvalue weighted by Gasteiger charge is 2.36. The summed E-state index contributed by atoms with van der Waals surface area (Å²) in [6.07, 6.45) is 1.74. The van der Waals surface area contributed by atoms with E-state index >= 15 is 0 Å². The Morgan fingerprint density at radius 2 is 1.59 bits per heavy atom. The van der Waals surface area contributed by atoms with E-state index in [0.717, 1.165) is 6.26 Å². The third kappa shape index (κ3) is 11.2. The van der Waals surface area contributed by atoms with Crippen LogP contribution in [0.3, 0.4) is 0 Å². The molecule has 0 heterocycles. The van der Waals surface area contributed by atoms with Crippen LogP contribution >= 0.6 is 0 Å². The fourth-order valence-electron chi connectivity index (χ4n) is 1.25. The molecule has 0 spiro atoms. The van der Waals surface area contributed by atoms with Gasteiger partial charge in [-0.15, -0.1) is 0 Å². The summed E-state index contributed by atoms with van der Waals surface area (Å²) in [6, 6.07) is 0.611. The number of hydrogen-bond donors (Lipinski definition) is 0. The standard InChI is InChI=1S/C10H20O5Si.C4H6O2/c1-9(2)10(11)15-7-6-8-16(12-3,13-4)14-5;1-3-6-4(2)5/h1,6-8H2,2-5H3;3H,1H2,2H3. The van der Waals surface area contributed by atoms with E-state index in [1.807, 2.05) is 0 Å². The molecular weight excluding hydrogens is 308 g/mol. The number of ether oxygens (including phenoxy) is 2. The number of rotatable bonds is 9. The monoisotopic (exact) mass is 334 g/mol. The molecule has 0 rings (SSSR count). The van der Waals surface area contributed by atoms with Crippen LogP contribution in [0.1, 0.15) is 20.3 Å². The lowest BCUT2D eigenvalue weighted by molar-refractivity contribution is -0.139. The Labute approximate surface area is 133 Å². The summed E-state index contributed by atoms with van der Waals surface area (Å²) in [4.78, 5) is 20.8. The van der Waals surface area contributed by atoms with E-state index < -0.39 is 8.80 Å². The summed E-state index contributed by atoms with van der Waals surface area (Å²) in [6.45, 7) is 9.90. The lowest BCUT2D eigenvalue weighted by Crippen LogP contribution is -2.42. The Bertz CT molecular complexity index is 356. The van der Waals surface area contributed by atoms with Crippen LogP contribution in [0.15, 0.2) is 25.0 Å². The molecule has 7 nitrogen and oxygen atoms in total. The van der Waals surface area contributed by atoms with Crippen LogP contribution in [-0.2, 0) is 32.3 Å². The van der Waals surface area contributed by atoms with Crippen LogP contribution in [0.25, 0.3) is 0 Å². The predicted octanol–water partition coefficient (Wildman–Crippen LogP) is 2.07. The van der Waals surface area contributed by atoms with Crippen LogP contribution in [-0.4, -0.2) is 48.7 Å². The van der Waals surface area contributed by atoms with E-state index in [1.165, 1.54) is 6.92 Å². The van der Waals surface area contributed by atoms with Gasteiger partial charge in [-0.3, -0.25) is 4.79 Å². The van der Waals surface area contributed by atoms with Gasteiger partial charge in [-0.05, 0) is 13.3 Å². The van der Waals surface area contributed by atoms with Gasteiger partial charge < -0.3 is 22.8 Å². The van der Waals surface area contributed by atoms with Crippen LogP contribution in [0, 0.1) is 0 Å². The summed E-state index contributed by atoms with van der Waals surface area (Å²) >= 11 is 0. The van der Waals surface area contributed by atoms with E-state index in [1.54, 1.807) is 28.3 Å². The van der Waals surface area contributed by atoms with Gasteiger partial charge >= 0.3 is 20.7 Å². The second-order valence-corrected chi connectivity index (χ2v) is 7.18. The van der Waals surface area contributed by atoms with Crippen molar-refractivity contribution < 1.29 is 32.3 Å². The number of carbonyl (C=O) groups excluding carboxylic acids is 2. The first kappa shape index (κ1) is 22.8. The van der Waals surface area contributed by atoms with Crippen molar-refractivity contribution in [3.63, 3.8) is 0 Å². The first-order chi connectivity index (χ1) is 10.3. The van der Waals surface area contributed by atoms with Crippen molar-refractivity contribution in [2.45, 2.75) is 26.3 Å². The Morgan fingerprint density at radius 3 is 1.86 bits per heavy atom. The van der Waals surface area contributed by atoms with Gasteiger partial charge in [0.15, 0.2) is 0 Å². The minimum atomic E-state index is -2.53. The molecule has 0 aromatic carbocycles. The highest BCUT2D eigenvalue weighted by atomic mass is 28.4. The van der Waals surface area contributed by atoms with Gasteiger partial charge in [0.1, 0.15) is 0 Å². The van der Waals surface area contributed by atoms with E-state index in [0.29, 0.717) is 24.6 Å². The van der Waals surface area contributed by atoms with Gasteiger partial charge in [0.2, 0.25) is 0 Å². The molecule has 0 fully saturated rings. The van der Waals surface area contributed by atoms with Crippen molar-refractivity contribution in [3.8, 4) is 0 Å². The van der Waals surface area contributed by atoms with Crippen LogP contribution in [0.2, 0.25) is 6.04 Å². The van der Waals surface area contributed by atoms with E-state index in [4.69, 9.17) is 18.0 Å². The minimum absolute atomic E-state index is 0.316. The van der Waals surface area contributed by atoms with E-state index in [-0.39, 0.29) is 11.9 Å². The number of carbonyl (C=O) groups is 2. The molecule has 0 N–H and O–H groups in total. The molecule has 0 saturated carbocycles. The number of esters is 2. The Hall–Kier alpha value is -1.48. The first-order valence-electron chi connectivity index (χ1n) is 6.54. The molecule has 0 atom stereocenters. The third-order valence-corrected chi connectivity index (χ3v) is 5.22. The average molecular weight is 334 g/mol. The lowest BCUT2D eigenvalue weighted by atomic mass is 10.4. The van der Waals surface area contributed by atoms with Gasteiger partial charge in [-0.25, -0.2) is 4.79 Å². The zero-order valence-electron chi connectivity index (χ0n) is 14.0. The smallest absolute Gasteiger partial charge is 0.462 e. The average Bonchev–Trinajstić information content (AvgIpc) is 2.48. The first-order valence-corrected chi connectivity index (χ1v) is 8.48. The van der Waals surface area contributed by atoms with Crippen LogP contribution < -0.4 is 0 Å². The topological polar surface area (TPSA) is 80.3 Å². The van der Waals surface area contributed by atoms with Crippen molar-refractivity contribution >= 4 is 20.7 Å². The number of hydrogen-bond acceptors (Lipinski definition) is 7. The highest BCUT2D eigenvalue weighted by Crippen LogP contribution is 2.14.